The Morgan fingerprint density at radius 1 is 1.14 bits per heavy atom. The summed E-state index contributed by atoms with van der Waals surface area (Å²) in [6, 6.07) is 9.63. The molecule has 0 spiro atoms. The highest BCUT2D eigenvalue weighted by atomic mass is 32.2. The SMILES string of the molecule is CCN(CC)CCN(C)C(=O)C1SC2=C(C(=O)N(CCOc3ccccc3)C3=CC=CC(C)C32)C1OC. The number of carbonyl (C=O) groups is 2. The Labute approximate surface area is 225 Å². The number of rotatable bonds is 11. The number of hydrogen-bond donors (Lipinski definition) is 0. The number of methoxy groups -OCH3 is 1. The van der Waals surface area contributed by atoms with Crippen molar-refractivity contribution in [3.8, 4) is 5.75 Å². The van der Waals surface area contributed by atoms with Crippen LogP contribution in [0.15, 0.2) is 64.7 Å². The molecule has 200 valence electrons. The number of nitrogens with zero attached hydrogens (tertiary/aromatic N) is 3. The van der Waals surface area contributed by atoms with Gasteiger partial charge in [0.1, 0.15) is 23.7 Å². The minimum Gasteiger partial charge on any atom is -0.492 e. The maximum Gasteiger partial charge on any atom is 0.257 e. The van der Waals surface area contributed by atoms with Gasteiger partial charge in [-0.2, -0.15) is 0 Å². The smallest absolute Gasteiger partial charge is 0.257 e. The molecule has 7 nitrogen and oxygen atoms in total. The standard InChI is InChI=1S/C29H39N3O4S/c1-6-31(7-2)17-16-30(4)29(34)27-25(35-5)24-26(37-27)23-20(3)12-11-15-22(23)32(28(24)33)18-19-36-21-13-9-8-10-14-21/h8-15,20,23,25,27H,6-7,16-19H2,1-5H3. The normalized spacial score (nSPS) is 24.8. The van der Waals surface area contributed by atoms with Crippen molar-refractivity contribution in [1.82, 2.24) is 14.7 Å². The van der Waals surface area contributed by atoms with Crippen molar-refractivity contribution < 1.29 is 19.1 Å². The predicted octanol–water partition coefficient (Wildman–Crippen LogP) is 3.80. The van der Waals surface area contributed by atoms with Crippen molar-refractivity contribution in [3.63, 3.8) is 0 Å². The summed E-state index contributed by atoms with van der Waals surface area (Å²) in [5, 5.41) is -0.472. The Bertz CT molecular complexity index is 1070. The third kappa shape index (κ3) is 5.66. The van der Waals surface area contributed by atoms with Crippen LogP contribution >= 0.6 is 11.8 Å². The maximum atomic E-state index is 13.9. The van der Waals surface area contributed by atoms with E-state index in [0.717, 1.165) is 36.0 Å². The summed E-state index contributed by atoms with van der Waals surface area (Å²) < 4.78 is 11.8. The molecule has 1 aromatic rings. The van der Waals surface area contributed by atoms with E-state index in [9.17, 15) is 9.59 Å². The minimum absolute atomic E-state index is 0.00898. The minimum atomic E-state index is -0.576. The van der Waals surface area contributed by atoms with Crippen molar-refractivity contribution >= 4 is 23.6 Å². The highest BCUT2D eigenvalue weighted by Crippen LogP contribution is 2.53. The van der Waals surface area contributed by atoms with Crippen LogP contribution in [0, 0.1) is 11.8 Å². The average Bonchev–Trinajstić information content (AvgIpc) is 3.30. The number of thioether (sulfide) groups is 1. The largest absolute Gasteiger partial charge is 0.492 e. The summed E-state index contributed by atoms with van der Waals surface area (Å²) in [5.74, 6) is 0.927. The van der Waals surface area contributed by atoms with Crippen LogP contribution in [0.1, 0.15) is 20.8 Å². The molecule has 4 unspecified atom stereocenters. The third-order valence-electron chi connectivity index (χ3n) is 7.52. The van der Waals surface area contributed by atoms with Crippen molar-refractivity contribution in [3.05, 3.63) is 64.7 Å². The van der Waals surface area contributed by atoms with E-state index >= 15 is 0 Å². The molecule has 37 heavy (non-hydrogen) atoms. The van der Waals surface area contributed by atoms with Crippen molar-refractivity contribution in [2.45, 2.75) is 32.1 Å². The molecule has 0 bridgehead atoms. The second-order valence-electron chi connectivity index (χ2n) is 9.69. The molecule has 0 fully saturated rings. The Morgan fingerprint density at radius 2 is 1.86 bits per heavy atom. The van der Waals surface area contributed by atoms with E-state index in [4.69, 9.17) is 9.47 Å². The average molecular weight is 526 g/mol. The molecule has 0 aromatic heterocycles. The van der Waals surface area contributed by atoms with E-state index in [1.54, 1.807) is 12.0 Å². The molecule has 0 radical (unpaired) electrons. The maximum absolute atomic E-state index is 13.9. The van der Waals surface area contributed by atoms with E-state index in [2.05, 4.69) is 31.7 Å². The fourth-order valence-corrected chi connectivity index (χ4v) is 7.05. The molecule has 2 amide bonds. The number of fused-ring (bicyclic) bond motifs is 2. The number of hydrogen-bond acceptors (Lipinski definition) is 6. The zero-order chi connectivity index (χ0) is 26.5. The number of allylic oxidation sites excluding steroid dienone is 4. The van der Waals surface area contributed by atoms with Crippen LogP contribution in [-0.4, -0.2) is 91.4 Å². The molecule has 3 aliphatic rings. The van der Waals surface area contributed by atoms with Gasteiger partial charge < -0.3 is 24.2 Å². The monoisotopic (exact) mass is 525 g/mol. The van der Waals surface area contributed by atoms with Gasteiger partial charge in [0.25, 0.3) is 5.91 Å². The van der Waals surface area contributed by atoms with E-state index in [-0.39, 0.29) is 23.7 Å². The van der Waals surface area contributed by atoms with E-state index in [1.165, 1.54) is 11.8 Å². The Hall–Kier alpha value is -2.55. The van der Waals surface area contributed by atoms with Gasteiger partial charge in [-0.05, 0) is 37.2 Å². The lowest BCUT2D eigenvalue weighted by Crippen LogP contribution is -2.47. The molecular weight excluding hydrogens is 486 g/mol. The molecular formula is C29H39N3O4S. The highest BCUT2D eigenvalue weighted by Gasteiger charge is 2.52. The molecule has 0 saturated heterocycles. The number of likely N-dealkylation sites (N-methyl/N-ethyl adjacent to an activating group) is 2. The topological polar surface area (TPSA) is 62.3 Å². The van der Waals surface area contributed by atoms with Gasteiger partial charge in [-0.15, -0.1) is 11.8 Å². The fraction of sp³-hybridized carbons (Fsp3) is 0.517. The Kier molecular flexibility index (Phi) is 9.16. The van der Waals surface area contributed by atoms with Crippen LogP contribution in [0.4, 0.5) is 0 Å². The molecule has 1 aliphatic carbocycles. The first-order chi connectivity index (χ1) is 17.9. The van der Waals surface area contributed by atoms with Gasteiger partial charge in [-0.1, -0.05) is 51.1 Å². The van der Waals surface area contributed by atoms with Crippen LogP contribution < -0.4 is 4.74 Å². The summed E-state index contributed by atoms with van der Waals surface area (Å²) >= 11 is 1.52. The quantitative estimate of drug-likeness (QED) is 0.438. The molecule has 8 heteroatoms. The van der Waals surface area contributed by atoms with Crippen LogP contribution in [0.25, 0.3) is 0 Å². The molecule has 0 saturated carbocycles. The van der Waals surface area contributed by atoms with E-state index < -0.39 is 11.4 Å². The van der Waals surface area contributed by atoms with Crippen LogP contribution in [-0.2, 0) is 14.3 Å². The number of benzene rings is 1. The first kappa shape index (κ1) is 27.5. The van der Waals surface area contributed by atoms with Crippen molar-refractivity contribution in [1.29, 1.82) is 0 Å². The summed E-state index contributed by atoms with van der Waals surface area (Å²) in [5.41, 5.74) is 1.60. The lowest BCUT2D eigenvalue weighted by atomic mass is 9.80. The van der Waals surface area contributed by atoms with Gasteiger partial charge in [0.2, 0.25) is 5.91 Å². The fourth-order valence-electron chi connectivity index (χ4n) is 5.31. The zero-order valence-corrected chi connectivity index (χ0v) is 23.4. The lowest BCUT2D eigenvalue weighted by Gasteiger charge is -2.40. The Balaban J connectivity index is 1.54. The first-order valence-electron chi connectivity index (χ1n) is 13.2. The van der Waals surface area contributed by atoms with Gasteiger partial charge in [0, 0.05) is 43.8 Å². The van der Waals surface area contributed by atoms with Gasteiger partial charge in [-0.25, -0.2) is 0 Å². The van der Waals surface area contributed by atoms with Gasteiger partial charge >= 0.3 is 0 Å². The predicted molar refractivity (Wildman–Crippen MR) is 148 cm³/mol. The summed E-state index contributed by atoms with van der Waals surface area (Å²) in [6.07, 6.45) is 5.65. The zero-order valence-electron chi connectivity index (χ0n) is 22.6. The Morgan fingerprint density at radius 3 is 2.54 bits per heavy atom. The van der Waals surface area contributed by atoms with Crippen LogP contribution in [0.5, 0.6) is 5.75 Å². The lowest BCUT2D eigenvalue weighted by molar-refractivity contribution is -0.132. The summed E-state index contributed by atoms with van der Waals surface area (Å²) in [7, 11) is 3.45. The van der Waals surface area contributed by atoms with E-state index in [0.29, 0.717) is 25.3 Å². The third-order valence-corrected chi connectivity index (χ3v) is 8.95. The first-order valence-corrected chi connectivity index (χ1v) is 14.1. The second kappa shape index (κ2) is 12.3. The van der Waals surface area contributed by atoms with Gasteiger partial charge in [0.05, 0.1) is 12.1 Å². The number of carbonyl (C=O) groups excluding carboxylic acids is 2. The summed E-state index contributed by atoms with van der Waals surface area (Å²) in [6.45, 7) is 10.6. The van der Waals surface area contributed by atoms with Crippen molar-refractivity contribution in [2.24, 2.45) is 11.8 Å². The molecule has 0 N–H and O–H groups in total. The molecule has 1 aromatic carbocycles. The van der Waals surface area contributed by atoms with Gasteiger partial charge in [-0.3, -0.25) is 9.59 Å². The molecule has 4 rings (SSSR count). The molecule has 2 aliphatic heterocycles. The molecule has 2 heterocycles. The van der Waals surface area contributed by atoms with Gasteiger partial charge in [0.15, 0.2) is 0 Å². The van der Waals surface area contributed by atoms with Crippen LogP contribution in [0.3, 0.4) is 0 Å². The van der Waals surface area contributed by atoms with Crippen LogP contribution in [0.2, 0.25) is 0 Å². The van der Waals surface area contributed by atoms with E-state index in [1.807, 2.05) is 54.4 Å². The van der Waals surface area contributed by atoms with Crippen molar-refractivity contribution in [2.75, 3.05) is 53.5 Å². The molecule has 4 atom stereocenters. The number of ether oxygens (including phenoxy) is 2. The second-order valence-corrected chi connectivity index (χ2v) is 10.9. The summed E-state index contributed by atoms with van der Waals surface area (Å²) in [4.78, 5) is 34.4. The highest BCUT2D eigenvalue weighted by molar-refractivity contribution is 8.04. The number of para-hydroxylation sites is 1. The number of amides is 2.